The lowest BCUT2D eigenvalue weighted by Gasteiger charge is -2.21. The van der Waals surface area contributed by atoms with E-state index in [1.807, 2.05) is 0 Å². The number of unbranched alkanes of at least 4 members (excludes halogenated alkanes) is 37. The molecule has 3 N–H and O–H groups in total. The van der Waals surface area contributed by atoms with E-state index in [0.29, 0.717) is 25.7 Å². The molecule has 0 spiro atoms. The van der Waals surface area contributed by atoms with Gasteiger partial charge in [-0.25, -0.2) is 9.13 Å². The number of aliphatic hydroxyl groups excluding tert-OH is 1. The number of carbonyl (C=O) groups is 4. The molecule has 0 fully saturated rings. The zero-order valence-corrected chi connectivity index (χ0v) is 60.4. The molecule has 534 valence electrons. The van der Waals surface area contributed by atoms with E-state index < -0.39 is 97.5 Å². The highest BCUT2D eigenvalue weighted by Gasteiger charge is 2.30. The van der Waals surface area contributed by atoms with Crippen LogP contribution in [0.15, 0.2) is 0 Å². The van der Waals surface area contributed by atoms with E-state index in [4.69, 9.17) is 37.0 Å². The number of hydrogen-bond acceptors (Lipinski definition) is 15. The van der Waals surface area contributed by atoms with E-state index in [1.54, 1.807) is 0 Å². The lowest BCUT2D eigenvalue weighted by Crippen LogP contribution is -2.30. The van der Waals surface area contributed by atoms with Gasteiger partial charge in [-0.3, -0.25) is 37.3 Å². The minimum atomic E-state index is -4.95. The van der Waals surface area contributed by atoms with Gasteiger partial charge >= 0.3 is 39.5 Å². The molecule has 0 saturated carbocycles. The van der Waals surface area contributed by atoms with Crippen molar-refractivity contribution in [3.63, 3.8) is 0 Å². The van der Waals surface area contributed by atoms with Crippen molar-refractivity contribution >= 4 is 39.5 Å². The van der Waals surface area contributed by atoms with E-state index in [-0.39, 0.29) is 25.7 Å². The van der Waals surface area contributed by atoms with Crippen LogP contribution in [0.4, 0.5) is 0 Å². The summed E-state index contributed by atoms with van der Waals surface area (Å²) in [6.07, 6.45) is 46.3. The van der Waals surface area contributed by atoms with Crippen molar-refractivity contribution in [2.75, 3.05) is 39.6 Å². The van der Waals surface area contributed by atoms with Crippen molar-refractivity contribution in [3.05, 3.63) is 0 Å². The largest absolute Gasteiger partial charge is 0.472 e. The van der Waals surface area contributed by atoms with Crippen LogP contribution in [0.25, 0.3) is 0 Å². The Morgan fingerprint density at radius 2 is 0.511 bits per heavy atom. The second kappa shape index (κ2) is 61.9. The van der Waals surface area contributed by atoms with Crippen molar-refractivity contribution in [3.8, 4) is 0 Å². The van der Waals surface area contributed by atoms with Gasteiger partial charge in [0.2, 0.25) is 0 Å². The fourth-order valence-corrected chi connectivity index (χ4v) is 12.3. The van der Waals surface area contributed by atoms with Crippen molar-refractivity contribution in [2.24, 2.45) is 17.8 Å². The van der Waals surface area contributed by atoms with Crippen LogP contribution < -0.4 is 0 Å². The molecule has 5 atom stereocenters. The molecule has 0 aliphatic rings. The van der Waals surface area contributed by atoms with Crippen LogP contribution in [-0.4, -0.2) is 96.7 Å². The summed E-state index contributed by atoms with van der Waals surface area (Å²) < 4.78 is 68.1. The Hall–Kier alpha value is -1.94. The molecule has 0 saturated heterocycles. The fourth-order valence-electron chi connectivity index (χ4n) is 10.7. The molecule has 0 aromatic heterocycles. The molecule has 0 bridgehead atoms. The topological polar surface area (TPSA) is 237 Å². The molecule has 0 rings (SSSR count). The summed E-state index contributed by atoms with van der Waals surface area (Å²) in [5, 5.41) is 10.6. The Morgan fingerprint density at radius 3 is 0.756 bits per heavy atom. The lowest BCUT2D eigenvalue weighted by molar-refractivity contribution is -0.161. The number of hydrogen-bond donors (Lipinski definition) is 3. The number of rotatable bonds is 69. The average molecular weight is 1330 g/mol. The second-order valence-electron chi connectivity index (χ2n) is 27.1. The lowest BCUT2D eigenvalue weighted by atomic mass is 10.0. The van der Waals surface area contributed by atoms with Gasteiger partial charge in [0.1, 0.15) is 19.3 Å². The summed E-state index contributed by atoms with van der Waals surface area (Å²) in [6.45, 7) is 11.8. The molecule has 0 amide bonds. The molecule has 0 aromatic carbocycles. The van der Waals surface area contributed by atoms with Gasteiger partial charge in [0.25, 0.3) is 0 Å². The number of esters is 4. The first kappa shape index (κ1) is 88.1. The molecule has 2 unspecified atom stereocenters. The first-order valence-corrected chi connectivity index (χ1v) is 39.8. The third kappa shape index (κ3) is 64.8. The molecule has 0 aromatic rings. The van der Waals surface area contributed by atoms with Gasteiger partial charge in [-0.1, -0.05) is 305 Å². The van der Waals surface area contributed by atoms with Crippen molar-refractivity contribution < 1.29 is 80.2 Å². The van der Waals surface area contributed by atoms with Gasteiger partial charge in [0.15, 0.2) is 12.2 Å². The minimum Gasteiger partial charge on any atom is -0.462 e. The summed E-state index contributed by atoms with van der Waals surface area (Å²) in [5.41, 5.74) is 0. The first-order chi connectivity index (χ1) is 43.2. The van der Waals surface area contributed by atoms with Crippen molar-refractivity contribution in [2.45, 2.75) is 375 Å². The SMILES string of the molecule is CCCCCCCC(=O)OC[C@H](COP(=O)(O)OC[C@H](O)COP(=O)(O)OC[C@@H](COC(=O)CCCCCCCCCCCCCCCC(C)C)OC(=O)CCCCCCCCCCCCCCCCCC(C)C)OC(=O)CCCCCCCCCCC(C)C. The normalized spacial score (nSPS) is 14.2. The average Bonchev–Trinajstić information content (AvgIpc) is 3.59. The first-order valence-electron chi connectivity index (χ1n) is 36.8. The monoisotopic (exact) mass is 1320 g/mol. The van der Waals surface area contributed by atoms with Crippen LogP contribution in [0, 0.1) is 17.8 Å². The molecular formula is C71H138O17P2. The van der Waals surface area contributed by atoms with E-state index >= 15 is 0 Å². The third-order valence-electron chi connectivity index (χ3n) is 16.4. The summed E-state index contributed by atoms with van der Waals surface area (Å²) in [5.74, 6) is 0.175. The maximum Gasteiger partial charge on any atom is 0.472 e. The Labute approximate surface area is 549 Å². The number of carbonyl (C=O) groups excluding carboxylic acids is 4. The highest BCUT2D eigenvalue weighted by Crippen LogP contribution is 2.45. The predicted octanol–water partition coefficient (Wildman–Crippen LogP) is 20.2. The highest BCUT2D eigenvalue weighted by atomic mass is 31.2. The second-order valence-corrected chi connectivity index (χ2v) is 30.0. The Balaban J connectivity index is 5.16. The zero-order chi connectivity index (χ0) is 66.6. The summed E-state index contributed by atoms with van der Waals surface area (Å²) in [7, 11) is -9.89. The van der Waals surface area contributed by atoms with Gasteiger partial charge in [-0.2, -0.15) is 0 Å². The Bertz CT molecular complexity index is 1770. The quantitative estimate of drug-likeness (QED) is 0.0222. The molecule has 0 aliphatic heterocycles. The third-order valence-corrected chi connectivity index (χ3v) is 18.3. The van der Waals surface area contributed by atoms with Crippen molar-refractivity contribution in [1.82, 2.24) is 0 Å². The van der Waals surface area contributed by atoms with Crippen LogP contribution in [0.1, 0.15) is 357 Å². The Kier molecular flexibility index (Phi) is 60.6. The number of phosphoric acid groups is 2. The zero-order valence-electron chi connectivity index (χ0n) is 58.6. The van der Waals surface area contributed by atoms with Gasteiger partial charge < -0.3 is 33.8 Å². The molecular weight excluding hydrogens is 1190 g/mol. The van der Waals surface area contributed by atoms with Gasteiger partial charge in [-0.15, -0.1) is 0 Å². The summed E-state index contributed by atoms with van der Waals surface area (Å²) in [4.78, 5) is 72.3. The van der Waals surface area contributed by atoms with Gasteiger partial charge in [0.05, 0.1) is 26.4 Å². The Morgan fingerprint density at radius 1 is 0.300 bits per heavy atom. The molecule has 0 radical (unpaired) electrons. The van der Waals surface area contributed by atoms with Crippen LogP contribution in [-0.2, 0) is 65.4 Å². The van der Waals surface area contributed by atoms with Gasteiger partial charge in [-0.05, 0) is 43.4 Å². The summed E-state index contributed by atoms with van der Waals surface area (Å²) in [6, 6.07) is 0. The van der Waals surface area contributed by atoms with Crippen LogP contribution in [0.3, 0.4) is 0 Å². The maximum atomic E-state index is 13.0. The minimum absolute atomic E-state index is 0.103. The van der Waals surface area contributed by atoms with Gasteiger partial charge in [0, 0.05) is 25.7 Å². The fraction of sp³-hybridized carbons (Fsp3) is 0.944. The molecule has 17 nitrogen and oxygen atoms in total. The highest BCUT2D eigenvalue weighted by molar-refractivity contribution is 7.47. The number of aliphatic hydroxyl groups is 1. The van der Waals surface area contributed by atoms with Crippen LogP contribution in [0.5, 0.6) is 0 Å². The van der Waals surface area contributed by atoms with Crippen molar-refractivity contribution in [1.29, 1.82) is 0 Å². The molecule has 90 heavy (non-hydrogen) atoms. The van der Waals surface area contributed by atoms with E-state index in [0.717, 1.165) is 114 Å². The predicted molar refractivity (Wildman–Crippen MR) is 363 cm³/mol. The standard InChI is InChI=1S/C71H138O17P2/c1-8-9-10-35-45-52-68(73)81-58-66(87-71(76)55-48-41-34-28-27-31-38-44-51-64(6)7)60-85-89(77,78)83-56-65(72)57-84-90(79,80)86-61-67(59-82-69(74)53-46-39-32-25-21-18-14-16-20-24-30-37-43-50-63(4)5)88-70(75)54-47-40-33-26-22-17-13-11-12-15-19-23-29-36-42-49-62(2)3/h62-67,72H,8-61H2,1-7H3,(H,77,78)(H,79,80)/t65-,66+,67+/m0/s1. The molecule has 0 heterocycles. The van der Waals surface area contributed by atoms with Crippen LogP contribution in [0.2, 0.25) is 0 Å². The van der Waals surface area contributed by atoms with E-state index in [9.17, 15) is 43.2 Å². The van der Waals surface area contributed by atoms with E-state index in [1.165, 1.54) is 161 Å². The molecule has 0 aliphatic carbocycles. The molecule has 19 heteroatoms. The maximum absolute atomic E-state index is 13.0. The summed E-state index contributed by atoms with van der Waals surface area (Å²) >= 11 is 0. The van der Waals surface area contributed by atoms with E-state index in [2.05, 4.69) is 48.5 Å². The van der Waals surface area contributed by atoms with Crippen LogP contribution >= 0.6 is 15.6 Å². The number of ether oxygens (including phenoxy) is 4. The number of phosphoric ester groups is 2. The smallest absolute Gasteiger partial charge is 0.462 e.